The summed E-state index contributed by atoms with van der Waals surface area (Å²) in [6.07, 6.45) is 3.97. The van der Waals surface area contributed by atoms with Gasteiger partial charge in [-0.25, -0.2) is 0 Å². The normalized spacial score (nSPS) is 12.8. The lowest BCUT2D eigenvalue weighted by Gasteiger charge is -2.05. The van der Waals surface area contributed by atoms with Crippen LogP contribution < -0.4 is 0 Å². The molecule has 0 bridgehead atoms. The Hall–Kier alpha value is -1.16. The fourth-order valence-electron chi connectivity index (χ4n) is 1.18. The topological polar surface area (TPSA) is 44.1 Å². The summed E-state index contributed by atoms with van der Waals surface area (Å²) in [4.78, 5) is 11.6. The fourth-order valence-corrected chi connectivity index (χ4v) is 1.18. The summed E-state index contributed by atoms with van der Waals surface area (Å²) in [6, 6.07) is 0. The Kier molecular flexibility index (Phi) is 3.83. The van der Waals surface area contributed by atoms with Crippen molar-refractivity contribution in [2.75, 3.05) is 7.11 Å². The maximum Gasteiger partial charge on any atom is 0.194 e. The molecule has 1 aromatic heterocycles. The first-order valence-electron chi connectivity index (χ1n) is 4.78. The summed E-state index contributed by atoms with van der Waals surface area (Å²) in [7, 11) is 1.53. The molecule has 0 aromatic carbocycles. The molecule has 0 amide bonds. The molecular weight excluding hydrogens is 180 g/mol. The van der Waals surface area contributed by atoms with Crippen molar-refractivity contribution in [1.29, 1.82) is 0 Å². The van der Waals surface area contributed by atoms with Crippen LogP contribution in [0.25, 0.3) is 0 Å². The maximum absolute atomic E-state index is 11.6. The number of ether oxygens (including phenoxy) is 1. The van der Waals surface area contributed by atoms with Crippen molar-refractivity contribution in [3.05, 3.63) is 18.0 Å². The third-order valence-electron chi connectivity index (χ3n) is 2.09. The van der Waals surface area contributed by atoms with E-state index in [1.807, 2.05) is 0 Å². The van der Waals surface area contributed by atoms with Crippen molar-refractivity contribution >= 4 is 5.78 Å². The van der Waals surface area contributed by atoms with Gasteiger partial charge in [0.05, 0.1) is 11.8 Å². The molecule has 0 saturated heterocycles. The Balaban J connectivity index is 2.71. The minimum Gasteiger partial charge on any atom is -0.374 e. The number of aryl methyl sites for hydroxylation is 1. The molecule has 0 N–H and O–H groups in total. The molecule has 0 aliphatic carbocycles. The third-order valence-corrected chi connectivity index (χ3v) is 2.09. The number of Topliss-reactive ketones (excluding diaryl/α,β-unsaturated/α-hetero) is 1. The number of rotatable bonds is 5. The zero-order valence-electron chi connectivity index (χ0n) is 8.86. The van der Waals surface area contributed by atoms with Gasteiger partial charge in [0.1, 0.15) is 6.10 Å². The van der Waals surface area contributed by atoms with E-state index in [9.17, 15) is 4.79 Å². The van der Waals surface area contributed by atoms with Crippen LogP contribution in [0.5, 0.6) is 0 Å². The van der Waals surface area contributed by atoms with E-state index in [2.05, 4.69) is 12.0 Å². The van der Waals surface area contributed by atoms with Gasteiger partial charge in [0.2, 0.25) is 0 Å². The Morgan fingerprint density at radius 3 is 3.00 bits per heavy atom. The maximum atomic E-state index is 11.6. The molecular formula is C10H16N2O2. The number of aromatic nitrogens is 2. The van der Waals surface area contributed by atoms with Crippen molar-refractivity contribution in [1.82, 2.24) is 9.78 Å². The van der Waals surface area contributed by atoms with Crippen LogP contribution in [0.4, 0.5) is 0 Å². The molecule has 0 aliphatic rings. The largest absolute Gasteiger partial charge is 0.374 e. The second-order valence-corrected chi connectivity index (χ2v) is 3.23. The molecule has 0 aliphatic heterocycles. The quantitative estimate of drug-likeness (QED) is 0.670. The highest BCUT2D eigenvalue weighted by atomic mass is 16.5. The molecule has 0 radical (unpaired) electrons. The van der Waals surface area contributed by atoms with Crippen LogP contribution in [-0.4, -0.2) is 28.8 Å². The van der Waals surface area contributed by atoms with E-state index in [1.54, 1.807) is 24.0 Å². The first kappa shape index (κ1) is 10.9. The van der Waals surface area contributed by atoms with Crippen molar-refractivity contribution in [2.24, 2.45) is 0 Å². The Bertz CT molecular complexity index is 307. The van der Waals surface area contributed by atoms with Crippen LogP contribution in [0, 0.1) is 0 Å². The number of nitrogens with zero attached hydrogens (tertiary/aromatic N) is 2. The van der Waals surface area contributed by atoms with E-state index >= 15 is 0 Å². The van der Waals surface area contributed by atoms with Crippen molar-refractivity contribution < 1.29 is 9.53 Å². The second kappa shape index (κ2) is 4.91. The molecule has 14 heavy (non-hydrogen) atoms. The number of ketones is 1. The zero-order chi connectivity index (χ0) is 10.6. The summed E-state index contributed by atoms with van der Waals surface area (Å²) in [5.41, 5.74) is 0.618. The van der Waals surface area contributed by atoms with Crippen molar-refractivity contribution in [3.63, 3.8) is 0 Å². The minimum absolute atomic E-state index is 0.0187. The van der Waals surface area contributed by atoms with Crippen LogP contribution >= 0.6 is 0 Å². The van der Waals surface area contributed by atoms with E-state index in [1.165, 1.54) is 7.11 Å². The molecule has 4 heteroatoms. The number of hydrogen-bond acceptors (Lipinski definition) is 3. The molecule has 1 atom stereocenters. The Labute approximate surface area is 83.9 Å². The predicted octanol–water partition coefficient (Wildman–Crippen LogP) is 1.51. The summed E-state index contributed by atoms with van der Waals surface area (Å²) in [6.45, 7) is 4.65. The van der Waals surface area contributed by atoms with Gasteiger partial charge in [-0.05, 0) is 13.3 Å². The Morgan fingerprint density at radius 1 is 1.71 bits per heavy atom. The second-order valence-electron chi connectivity index (χ2n) is 3.23. The van der Waals surface area contributed by atoms with E-state index < -0.39 is 6.10 Å². The van der Waals surface area contributed by atoms with E-state index in [0.717, 1.165) is 13.0 Å². The summed E-state index contributed by atoms with van der Waals surface area (Å²) in [5.74, 6) is -0.0187. The molecule has 1 heterocycles. The third kappa shape index (κ3) is 2.42. The highest BCUT2D eigenvalue weighted by molar-refractivity contribution is 5.98. The SMILES string of the molecule is CCCn1cc(C(=O)C(C)OC)cn1. The molecule has 78 valence electrons. The average molecular weight is 196 g/mol. The van der Waals surface area contributed by atoms with Crippen molar-refractivity contribution in [3.8, 4) is 0 Å². The molecule has 1 rings (SSSR count). The Morgan fingerprint density at radius 2 is 2.43 bits per heavy atom. The average Bonchev–Trinajstić information content (AvgIpc) is 2.64. The molecule has 4 nitrogen and oxygen atoms in total. The smallest absolute Gasteiger partial charge is 0.194 e. The van der Waals surface area contributed by atoms with Gasteiger partial charge in [-0.2, -0.15) is 5.10 Å². The van der Waals surface area contributed by atoms with E-state index in [0.29, 0.717) is 5.56 Å². The summed E-state index contributed by atoms with van der Waals surface area (Å²) >= 11 is 0. The van der Waals surface area contributed by atoms with Crippen LogP contribution in [0.2, 0.25) is 0 Å². The number of hydrogen-bond donors (Lipinski definition) is 0. The van der Waals surface area contributed by atoms with Crippen LogP contribution in [0.15, 0.2) is 12.4 Å². The van der Waals surface area contributed by atoms with Gasteiger partial charge in [0, 0.05) is 19.9 Å². The van der Waals surface area contributed by atoms with Gasteiger partial charge >= 0.3 is 0 Å². The zero-order valence-corrected chi connectivity index (χ0v) is 8.86. The first-order valence-corrected chi connectivity index (χ1v) is 4.78. The van der Waals surface area contributed by atoms with Crippen molar-refractivity contribution in [2.45, 2.75) is 32.9 Å². The van der Waals surface area contributed by atoms with Gasteiger partial charge in [0.15, 0.2) is 5.78 Å². The lowest BCUT2D eigenvalue weighted by atomic mass is 10.1. The minimum atomic E-state index is -0.394. The van der Waals surface area contributed by atoms with Gasteiger partial charge in [0.25, 0.3) is 0 Å². The monoisotopic (exact) mass is 196 g/mol. The summed E-state index contributed by atoms with van der Waals surface area (Å²) in [5, 5.41) is 4.08. The van der Waals surface area contributed by atoms with Gasteiger partial charge in [-0.15, -0.1) is 0 Å². The number of methoxy groups -OCH3 is 1. The molecule has 1 unspecified atom stereocenters. The number of carbonyl (C=O) groups excluding carboxylic acids is 1. The van der Waals surface area contributed by atoms with Crippen LogP contribution in [-0.2, 0) is 11.3 Å². The van der Waals surface area contributed by atoms with Crippen LogP contribution in [0.1, 0.15) is 30.6 Å². The molecule has 0 saturated carbocycles. The highest BCUT2D eigenvalue weighted by Crippen LogP contribution is 2.05. The van der Waals surface area contributed by atoms with Gasteiger partial charge < -0.3 is 4.74 Å². The highest BCUT2D eigenvalue weighted by Gasteiger charge is 2.15. The van der Waals surface area contributed by atoms with E-state index in [4.69, 9.17) is 4.74 Å². The molecule has 0 fully saturated rings. The van der Waals surface area contributed by atoms with E-state index in [-0.39, 0.29) is 5.78 Å². The fraction of sp³-hybridized carbons (Fsp3) is 0.600. The molecule has 1 aromatic rings. The standard InChI is InChI=1S/C10H16N2O2/c1-4-5-12-7-9(6-11-12)10(13)8(2)14-3/h6-8H,4-5H2,1-3H3. The van der Waals surface area contributed by atoms with Gasteiger partial charge in [-0.3, -0.25) is 9.48 Å². The molecule has 0 spiro atoms. The first-order chi connectivity index (χ1) is 6.69. The predicted molar refractivity (Wildman–Crippen MR) is 53.3 cm³/mol. The summed E-state index contributed by atoms with van der Waals surface area (Å²) < 4.78 is 6.72. The number of carbonyl (C=O) groups is 1. The lowest BCUT2D eigenvalue weighted by Crippen LogP contribution is -2.18. The lowest BCUT2D eigenvalue weighted by molar-refractivity contribution is 0.0655. The van der Waals surface area contributed by atoms with Crippen LogP contribution in [0.3, 0.4) is 0 Å². The van der Waals surface area contributed by atoms with Gasteiger partial charge in [-0.1, -0.05) is 6.92 Å².